The average molecular weight is 222 g/mol. The molecule has 0 aromatic carbocycles. The molecule has 1 aromatic rings. The number of fused-ring (bicyclic) bond motifs is 1. The molecule has 16 heavy (non-hydrogen) atoms. The molecule has 0 bridgehead atoms. The summed E-state index contributed by atoms with van der Waals surface area (Å²) in [6, 6.07) is 0.474. The second-order valence-electron chi connectivity index (χ2n) is 4.91. The SMILES string of the molecule is CCN1Cc2c(nn(C)c2CN(C)C)[C@@H]1C. The Balaban J connectivity index is 2.33. The quantitative estimate of drug-likeness (QED) is 0.772. The van der Waals surface area contributed by atoms with Crippen molar-refractivity contribution in [2.45, 2.75) is 33.0 Å². The van der Waals surface area contributed by atoms with E-state index in [2.05, 4.69) is 49.9 Å². The van der Waals surface area contributed by atoms with E-state index in [4.69, 9.17) is 0 Å². The highest BCUT2D eigenvalue weighted by molar-refractivity contribution is 5.32. The van der Waals surface area contributed by atoms with Crippen LogP contribution in [-0.2, 0) is 20.1 Å². The van der Waals surface area contributed by atoms with Crippen molar-refractivity contribution in [3.05, 3.63) is 17.0 Å². The molecule has 0 fully saturated rings. The summed E-state index contributed by atoms with van der Waals surface area (Å²) >= 11 is 0. The molecule has 4 heteroatoms. The number of aryl methyl sites for hydroxylation is 1. The van der Waals surface area contributed by atoms with Gasteiger partial charge in [0, 0.05) is 25.7 Å². The maximum absolute atomic E-state index is 4.67. The largest absolute Gasteiger partial charge is 0.304 e. The van der Waals surface area contributed by atoms with Crippen molar-refractivity contribution in [2.24, 2.45) is 7.05 Å². The summed E-state index contributed by atoms with van der Waals surface area (Å²) in [5.41, 5.74) is 4.09. The lowest BCUT2D eigenvalue weighted by atomic mass is 10.1. The molecular weight excluding hydrogens is 200 g/mol. The molecule has 0 N–H and O–H groups in total. The van der Waals surface area contributed by atoms with Crippen LogP contribution >= 0.6 is 0 Å². The summed E-state index contributed by atoms with van der Waals surface area (Å²) in [4.78, 5) is 4.67. The standard InChI is InChI=1S/C12H22N4/c1-6-16-7-10-11(8-14(3)4)15(5)13-12(10)9(16)2/h9H,6-8H2,1-5H3/t9-/m0/s1. The number of nitrogens with zero attached hydrogens (tertiary/aromatic N) is 4. The summed E-state index contributed by atoms with van der Waals surface area (Å²) in [7, 11) is 6.27. The van der Waals surface area contributed by atoms with Crippen LogP contribution in [0.1, 0.15) is 36.8 Å². The molecule has 0 unspecified atom stereocenters. The summed E-state index contributed by atoms with van der Waals surface area (Å²) in [6.45, 7) is 7.60. The van der Waals surface area contributed by atoms with Crippen LogP contribution in [0.25, 0.3) is 0 Å². The van der Waals surface area contributed by atoms with Crippen molar-refractivity contribution < 1.29 is 0 Å². The first kappa shape index (κ1) is 11.6. The van der Waals surface area contributed by atoms with Crippen molar-refractivity contribution in [1.29, 1.82) is 0 Å². The van der Waals surface area contributed by atoms with E-state index in [1.807, 2.05) is 4.68 Å². The Morgan fingerprint density at radius 1 is 1.44 bits per heavy atom. The Bertz CT molecular complexity index is 381. The molecule has 2 rings (SSSR count). The van der Waals surface area contributed by atoms with Crippen LogP contribution in [0.3, 0.4) is 0 Å². The van der Waals surface area contributed by atoms with E-state index >= 15 is 0 Å². The normalized spacial score (nSPS) is 20.8. The first-order chi connectivity index (χ1) is 7.54. The van der Waals surface area contributed by atoms with Gasteiger partial charge in [0.05, 0.1) is 17.4 Å². The highest BCUT2D eigenvalue weighted by Crippen LogP contribution is 2.34. The molecule has 1 aromatic heterocycles. The molecule has 1 aliphatic heterocycles. The Labute approximate surface area is 97.8 Å². The number of hydrogen-bond donors (Lipinski definition) is 0. The minimum atomic E-state index is 0.474. The zero-order valence-electron chi connectivity index (χ0n) is 11.0. The topological polar surface area (TPSA) is 24.3 Å². The van der Waals surface area contributed by atoms with Gasteiger partial charge in [-0.05, 0) is 27.6 Å². The third kappa shape index (κ3) is 1.76. The molecule has 0 aliphatic carbocycles. The van der Waals surface area contributed by atoms with Gasteiger partial charge in [-0.15, -0.1) is 0 Å². The predicted molar refractivity (Wildman–Crippen MR) is 65.1 cm³/mol. The zero-order valence-corrected chi connectivity index (χ0v) is 11.0. The van der Waals surface area contributed by atoms with Gasteiger partial charge in [-0.1, -0.05) is 6.92 Å². The van der Waals surface area contributed by atoms with Gasteiger partial charge in [0.25, 0.3) is 0 Å². The Hall–Kier alpha value is -0.870. The van der Waals surface area contributed by atoms with Crippen molar-refractivity contribution in [3.63, 3.8) is 0 Å². The number of hydrogen-bond acceptors (Lipinski definition) is 3. The second kappa shape index (κ2) is 4.18. The smallest absolute Gasteiger partial charge is 0.0841 e. The minimum absolute atomic E-state index is 0.474. The molecule has 0 saturated carbocycles. The lowest BCUT2D eigenvalue weighted by Crippen LogP contribution is -2.22. The fourth-order valence-electron chi connectivity index (χ4n) is 2.53. The molecule has 1 aliphatic rings. The Morgan fingerprint density at radius 3 is 2.69 bits per heavy atom. The van der Waals surface area contributed by atoms with Gasteiger partial charge in [-0.2, -0.15) is 5.10 Å². The third-order valence-electron chi connectivity index (χ3n) is 3.48. The van der Waals surface area contributed by atoms with E-state index in [0.717, 1.165) is 19.6 Å². The van der Waals surface area contributed by atoms with Gasteiger partial charge in [0.15, 0.2) is 0 Å². The fourth-order valence-corrected chi connectivity index (χ4v) is 2.53. The lowest BCUT2D eigenvalue weighted by Gasteiger charge is -2.19. The van der Waals surface area contributed by atoms with Crippen LogP contribution in [-0.4, -0.2) is 40.2 Å². The van der Waals surface area contributed by atoms with E-state index in [1.165, 1.54) is 17.0 Å². The molecule has 0 saturated heterocycles. The molecule has 0 amide bonds. The lowest BCUT2D eigenvalue weighted by molar-refractivity contribution is 0.235. The summed E-state index contributed by atoms with van der Waals surface area (Å²) in [6.07, 6.45) is 0. The summed E-state index contributed by atoms with van der Waals surface area (Å²) in [5, 5.41) is 4.67. The Morgan fingerprint density at radius 2 is 2.12 bits per heavy atom. The Kier molecular flexibility index (Phi) is 3.04. The third-order valence-corrected chi connectivity index (χ3v) is 3.48. The van der Waals surface area contributed by atoms with Crippen LogP contribution in [0, 0.1) is 0 Å². The van der Waals surface area contributed by atoms with Crippen LogP contribution in [0.4, 0.5) is 0 Å². The minimum Gasteiger partial charge on any atom is -0.304 e. The molecule has 2 heterocycles. The van der Waals surface area contributed by atoms with E-state index in [-0.39, 0.29) is 0 Å². The maximum Gasteiger partial charge on any atom is 0.0841 e. The number of rotatable bonds is 3. The molecule has 4 nitrogen and oxygen atoms in total. The van der Waals surface area contributed by atoms with Gasteiger partial charge >= 0.3 is 0 Å². The summed E-state index contributed by atoms with van der Waals surface area (Å²) < 4.78 is 2.05. The van der Waals surface area contributed by atoms with Crippen molar-refractivity contribution >= 4 is 0 Å². The molecular formula is C12H22N4. The second-order valence-corrected chi connectivity index (χ2v) is 4.91. The molecule has 0 radical (unpaired) electrons. The first-order valence-electron chi connectivity index (χ1n) is 5.98. The van der Waals surface area contributed by atoms with Crippen LogP contribution < -0.4 is 0 Å². The highest BCUT2D eigenvalue weighted by Gasteiger charge is 2.31. The zero-order chi connectivity index (χ0) is 11.9. The van der Waals surface area contributed by atoms with Gasteiger partial charge < -0.3 is 4.90 Å². The van der Waals surface area contributed by atoms with E-state index in [9.17, 15) is 0 Å². The summed E-state index contributed by atoms with van der Waals surface area (Å²) in [5.74, 6) is 0. The predicted octanol–water partition coefficient (Wildman–Crippen LogP) is 1.38. The fraction of sp³-hybridized carbons (Fsp3) is 0.750. The number of aromatic nitrogens is 2. The monoisotopic (exact) mass is 222 g/mol. The molecule has 0 spiro atoms. The van der Waals surface area contributed by atoms with Crippen molar-refractivity contribution in [2.75, 3.05) is 20.6 Å². The van der Waals surface area contributed by atoms with E-state index in [0.29, 0.717) is 6.04 Å². The van der Waals surface area contributed by atoms with Crippen LogP contribution in [0.2, 0.25) is 0 Å². The van der Waals surface area contributed by atoms with Crippen LogP contribution in [0.15, 0.2) is 0 Å². The molecule has 90 valence electrons. The first-order valence-corrected chi connectivity index (χ1v) is 5.98. The van der Waals surface area contributed by atoms with Crippen LogP contribution in [0.5, 0.6) is 0 Å². The molecule has 1 atom stereocenters. The maximum atomic E-state index is 4.67. The highest BCUT2D eigenvalue weighted by atomic mass is 15.3. The van der Waals surface area contributed by atoms with E-state index < -0.39 is 0 Å². The van der Waals surface area contributed by atoms with E-state index in [1.54, 1.807) is 0 Å². The van der Waals surface area contributed by atoms with Gasteiger partial charge in [-0.3, -0.25) is 9.58 Å². The average Bonchev–Trinajstić information content (AvgIpc) is 2.67. The van der Waals surface area contributed by atoms with Gasteiger partial charge in [-0.25, -0.2) is 0 Å². The van der Waals surface area contributed by atoms with Crippen molar-refractivity contribution in [3.8, 4) is 0 Å². The van der Waals surface area contributed by atoms with Gasteiger partial charge in [0.2, 0.25) is 0 Å². The van der Waals surface area contributed by atoms with Crippen molar-refractivity contribution in [1.82, 2.24) is 19.6 Å². The van der Waals surface area contributed by atoms with Gasteiger partial charge in [0.1, 0.15) is 0 Å².